The molecular formula is C9H14N4O5S. The molecule has 0 aromatic carbocycles. The van der Waals surface area contributed by atoms with Crippen LogP contribution in [-0.2, 0) is 21.2 Å². The van der Waals surface area contributed by atoms with Gasteiger partial charge in [0.15, 0.2) is 15.5 Å². The van der Waals surface area contributed by atoms with Gasteiger partial charge < -0.3 is 10.4 Å². The molecule has 0 fully saturated rings. The second kappa shape index (κ2) is 6.27. The third-order valence-electron chi connectivity index (χ3n) is 2.24. The maximum Gasteiger partial charge on any atom is 0.358 e. The standard InChI is InChI=1S/C9H14N4O5S/c1-2-19(17,18)4-3-10-8(14)6-13-5-7(9(15)16)11-12-13/h5H,2-4,6H2,1H3,(H,10,14)(H,15,16). The van der Waals surface area contributed by atoms with Gasteiger partial charge in [0.05, 0.1) is 11.9 Å². The molecule has 1 aromatic rings. The lowest BCUT2D eigenvalue weighted by atomic mass is 10.5. The summed E-state index contributed by atoms with van der Waals surface area (Å²) in [6.45, 7) is 1.32. The number of nitrogens with one attached hydrogen (secondary N) is 1. The molecular weight excluding hydrogens is 276 g/mol. The largest absolute Gasteiger partial charge is 0.476 e. The number of carboxylic acid groups (broad SMARTS) is 1. The maximum atomic E-state index is 11.4. The molecule has 0 aliphatic rings. The van der Waals surface area contributed by atoms with Crippen LogP contribution in [0, 0.1) is 0 Å². The first-order chi connectivity index (χ1) is 8.84. The van der Waals surface area contributed by atoms with Crippen molar-refractivity contribution >= 4 is 21.7 Å². The number of carbonyl (C=O) groups excluding carboxylic acids is 1. The highest BCUT2D eigenvalue weighted by Crippen LogP contribution is 1.92. The van der Waals surface area contributed by atoms with Gasteiger partial charge in [-0.1, -0.05) is 12.1 Å². The van der Waals surface area contributed by atoms with E-state index in [1.165, 1.54) is 6.92 Å². The van der Waals surface area contributed by atoms with Crippen LogP contribution in [0.2, 0.25) is 0 Å². The number of amides is 1. The summed E-state index contributed by atoms with van der Waals surface area (Å²) in [6, 6.07) is 0. The molecule has 0 aliphatic heterocycles. The second-order valence-corrected chi connectivity index (χ2v) is 6.17. The molecule has 1 rings (SSSR count). The molecule has 1 amide bonds. The summed E-state index contributed by atoms with van der Waals surface area (Å²) in [5.74, 6) is -1.81. The van der Waals surface area contributed by atoms with Crippen molar-refractivity contribution in [3.05, 3.63) is 11.9 Å². The smallest absolute Gasteiger partial charge is 0.358 e. The molecule has 0 unspecified atom stereocenters. The average molecular weight is 290 g/mol. The van der Waals surface area contributed by atoms with E-state index < -0.39 is 21.7 Å². The van der Waals surface area contributed by atoms with Crippen molar-refractivity contribution in [3.63, 3.8) is 0 Å². The Morgan fingerprint density at radius 3 is 2.68 bits per heavy atom. The van der Waals surface area contributed by atoms with Gasteiger partial charge >= 0.3 is 5.97 Å². The van der Waals surface area contributed by atoms with Crippen molar-refractivity contribution in [2.45, 2.75) is 13.5 Å². The van der Waals surface area contributed by atoms with Gasteiger partial charge in [-0.05, 0) is 0 Å². The molecule has 2 N–H and O–H groups in total. The number of carbonyl (C=O) groups is 2. The maximum absolute atomic E-state index is 11.4. The van der Waals surface area contributed by atoms with E-state index in [1.807, 2.05) is 0 Å². The van der Waals surface area contributed by atoms with Crippen LogP contribution >= 0.6 is 0 Å². The van der Waals surface area contributed by atoms with Crippen LogP contribution in [0.3, 0.4) is 0 Å². The van der Waals surface area contributed by atoms with E-state index >= 15 is 0 Å². The highest BCUT2D eigenvalue weighted by Gasteiger charge is 2.11. The molecule has 0 atom stereocenters. The molecule has 0 bridgehead atoms. The van der Waals surface area contributed by atoms with Gasteiger partial charge in [0.1, 0.15) is 6.54 Å². The normalized spacial score (nSPS) is 11.2. The molecule has 1 aromatic heterocycles. The Bertz CT molecular complexity index is 565. The molecule has 0 saturated heterocycles. The summed E-state index contributed by atoms with van der Waals surface area (Å²) >= 11 is 0. The van der Waals surface area contributed by atoms with Gasteiger partial charge in [-0.15, -0.1) is 5.10 Å². The van der Waals surface area contributed by atoms with Gasteiger partial charge in [0.25, 0.3) is 0 Å². The highest BCUT2D eigenvalue weighted by molar-refractivity contribution is 7.91. The summed E-state index contributed by atoms with van der Waals surface area (Å²) in [5, 5.41) is 17.8. The first-order valence-corrected chi connectivity index (χ1v) is 7.26. The number of carboxylic acids is 1. The van der Waals surface area contributed by atoms with Gasteiger partial charge in [0, 0.05) is 12.3 Å². The average Bonchev–Trinajstić information content (AvgIpc) is 2.77. The number of nitrogens with zero attached hydrogens (tertiary/aromatic N) is 3. The lowest BCUT2D eigenvalue weighted by Gasteiger charge is -2.04. The van der Waals surface area contributed by atoms with E-state index in [1.54, 1.807) is 0 Å². The van der Waals surface area contributed by atoms with E-state index in [0.717, 1.165) is 10.9 Å². The monoisotopic (exact) mass is 290 g/mol. The van der Waals surface area contributed by atoms with Crippen molar-refractivity contribution in [3.8, 4) is 0 Å². The van der Waals surface area contributed by atoms with Gasteiger partial charge in [-0.2, -0.15) is 0 Å². The van der Waals surface area contributed by atoms with Crippen molar-refractivity contribution < 1.29 is 23.1 Å². The van der Waals surface area contributed by atoms with Crippen LogP contribution in [0.25, 0.3) is 0 Å². The number of hydrogen-bond acceptors (Lipinski definition) is 6. The molecule has 0 aliphatic carbocycles. The fourth-order valence-electron chi connectivity index (χ4n) is 1.17. The van der Waals surface area contributed by atoms with Crippen LogP contribution in [0.15, 0.2) is 6.20 Å². The van der Waals surface area contributed by atoms with Gasteiger partial charge in [-0.3, -0.25) is 4.79 Å². The predicted octanol–water partition coefficient (Wildman–Crippen LogP) is -1.47. The minimum atomic E-state index is -3.12. The molecule has 0 spiro atoms. The fraction of sp³-hybridized carbons (Fsp3) is 0.556. The number of rotatable bonds is 7. The summed E-state index contributed by atoms with van der Waals surface area (Å²) in [7, 11) is -3.12. The minimum absolute atomic E-state index is 0.00942. The molecule has 106 valence electrons. The molecule has 1 heterocycles. The molecule has 9 nitrogen and oxygen atoms in total. The van der Waals surface area contributed by atoms with Gasteiger partial charge in [-0.25, -0.2) is 17.9 Å². The quantitative estimate of drug-likeness (QED) is 0.626. The van der Waals surface area contributed by atoms with Crippen molar-refractivity contribution in [2.75, 3.05) is 18.1 Å². The summed E-state index contributed by atoms with van der Waals surface area (Å²) in [6.07, 6.45) is 1.12. The lowest BCUT2D eigenvalue weighted by molar-refractivity contribution is -0.121. The van der Waals surface area contributed by atoms with E-state index in [2.05, 4.69) is 15.6 Å². The zero-order chi connectivity index (χ0) is 14.5. The molecule has 10 heteroatoms. The molecule has 0 radical (unpaired) electrons. The van der Waals surface area contributed by atoms with Crippen LogP contribution in [0.1, 0.15) is 17.4 Å². The van der Waals surface area contributed by atoms with Crippen LogP contribution in [-0.4, -0.2) is 58.4 Å². The number of hydrogen-bond donors (Lipinski definition) is 2. The zero-order valence-corrected chi connectivity index (χ0v) is 11.1. The Morgan fingerprint density at radius 2 is 2.16 bits per heavy atom. The number of sulfone groups is 1. The first-order valence-electron chi connectivity index (χ1n) is 5.44. The first kappa shape index (κ1) is 15.1. The fourth-order valence-corrected chi connectivity index (χ4v) is 1.87. The minimum Gasteiger partial charge on any atom is -0.476 e. The van der Waals surface area contributed by atoms with E-state index in [9.17, 15) is 18.0 Å². The SMILES string of the molecule is CCS(=O)(=O)CCNC(=O)Cn1cc(C(=O)O)nn1. The summed E-state index contributed by atoms with van der Waals surface area (Å²) in [5.41, 5.74) is -0.263. The third-order valence-corrected chi connectivity index (χ3v) is 3.94. The number of aromatic carboxylic acids is 1. The van der Waals surface area contributed by atoms with Crippen molar-refractivity contribution in [1.29, 1.82) is 0 Å². The Balaban J connectivity index is 2.41. The van der Waals surface area contributed by atoms with Crippen molar-refractivity contribution in [2.24, 2.45) is 0 Å². The lowest BCUT2D eigenvalue weighted by Crippen LogP contribution is -2.32. The van der Waals surface area contributed by atoms with Crippen molar-refractivity contribution in [1.82, 2.24) is 20.3 Å². The topological polar surface area (TPSA) is 131 Å². The number of aromatic nitrogens is 3. The summed E-state index contributed by atoms with van der Waals surface area (Å²) in [4.78, 5) is 22.0. The zero-order valence-electron chi connectivity index (χ0n) is 10.2. The Labute approximate surface area is 109 Å². The highest BCUT2D eigenvalue weighted by atomic mass is 32.2. The second-order valence-electron chi connectivity index (χ2n) is 3.69. The molecule has 19 heavy (non-hydrogen) atoms. The van der Waals surface area contributed by atoms with E-state index in [0.29, 0.717) is 0 Å². The summed E-state index contributed by atoms with van der Waals surface area (Å²) < 4.78 is 23.4. The van der Waals surface area contributed by atoms with Crippen LogP contribution in [0.4, 0.5) is 0 Å². The van der Waals surface area contributed by atoms with Gasteiger partial charge in [0.2, 0.25) is 5.91 Å². The molecule has 0 saturated carbocycles. The predicted molar refractivity (Wildman–Crippen MR) is 64.3 cm³/mol. The van der Waals surface area contributed by atoms with E-state index in [4.69, 9.17) is 5.11 Å². The van der Waals surface area contributed by atoms with E-state index in [-0.39, 0.29) is 30.3 Å². The van der Waals surface area contributed by atoms with Crippen LogP contribution < -0.4 is 5.32 Å². The third kappa shape index (κ3) is 5.04. The van der Waals surface area contributed by atoms with Crippen LogP contribution in [0.5, 0.6) is 0 Å². The Kier molecular flexibility index (Phi) is 4.98. The Hall–Kier alpha value is -1.97. The Morgan fingerprint density at radius 1 is 1.47 bits per heavy atom.